The summed E-state index contributed by atoms with van der Waals surface area (Å²) in [5, 5.41) is 3.37. The molecular formula is C30H47N3O2. The normalized spacial score (nSPS) is 10.3. The van der Waals surface area contributed by atoms with Crippen LogP contribution in [0, 0.1) is 5.92 Å². The van der Waals surface area contributed by atoms with Crippen LogP contribution in [0.3, 0.4) is 0 Å². The van der Waals surface area contributed by atoms with Crippen molar-refractivity contribution < 1.29 is 9.53 Å². The zero-order valence-electron chi connectivity index (χ0n) is 22.6. The summed E-state index contributed by atoms with van der Waals surface area (Å²) in [6.07, 6.45) is 8.95. The van der Waals surface area contributed by atoms with Gasteiger partial charge < -0.3 is 15.0 Å². The summed E-state index contributed by atoms with van der Waals surface area (Å²) >= 11 is 0. The molecule has 0 aliphatic rings. The number of H-pyrrole nitrogens is 1. The second-order valence-corrected chi connectivity index (χ2v) is 8.85. The minimum Gasteiger partial charge on any atom is -0.494 e. The fourth-order valence-electron chi connectivity index (χ4n) is 3.47. The van der Waals surface area contributed by atoms with E-state index in [1.807, 2.05) is 50.2 Å². The van der Waals surface area contributed by atoms with E-state index in [2.05, 4.69) is 48.2 Å². The number of rotatable bonds is 14. The molecule has 5 heteroatoms. The van der Waals surface area contributed by atoms with Gasteiger partial charge in [0.1, 0.15) is 5.75 Å². The molecule has 0 aliphatic heterocycles. The number of fused-ring (bicyclic) bond motifs is 1. The van der Waals surface area contributed by atoms with Crippen molar-refractivity contribution >= 4 is 17.3 Å². The minimum absolute atomic E-state index is 0.389. The third kappa shape index (κ3) is 13.7. The number of unbranched alkanes of at least 4 members (excludes halogenated alkanes) is 3. The number of aromatic nitrogens is 2. The number of aldehydes is 1. The van der Waals surface area contributed by atoms with Crippen molar-refractivity contribution in [3.05, 3.63) is 59.9 Å². The van der Waals surface area contributed by atoms with Gasteiger partial charge in [-0.25, -0.2) is 4.98 Å². The Morgan fingerprint density at radius 2 is 1.74 bits per heavy atom. The van der Waals surface area contributed by atoms with Gasteiger partial charge in [0.05, 0.1) is 17.6 Å². The number of para-hydroxylation sites is 1. The minimum atomic E-state index is 0.389. The number of benzene rings is 2. The molecule has 0 unspecified atom stereocenters. The second kappa shape index (κ2) is 19.6. The van der Waals surface area contributed by atoms with Crippen LogP contribution in [0.4, 0.5) is 0 Å². The van der Waals surface area contributed by atoms with Gasteiger partial charge in [0.15, 0.2) is 12.1 Å². The number of aryl methyl sites for hydroxylation is 1. The van der Waals surface area contributed by atoms with Gasteiger partial charge in [-0.3, -0.25) is 4.79 Å². The van der Waals surface area contributed by atoms with Crippen molar-refractivity contribution in [2.24, 2.45) is 5.92 Å². The van der Waals surface area contributed by atoms with Crippen molar-refractivity contribution in [2.45, 2.75) is 79.6 Å². The Bertz CT molecular complexity index is 906. The highest BCUT2D eigenvalue weighted by molar-refractivity contribution is 5.82. The molecule has 0 saturated heterocycles. The first-order valence-corrected chi connectivity index (χ1v) is 13.4. The van der Waals surface area contributed by atoms with Crippen LogP contribution in [0.15, 0.2) is 48.5 Å². The van der Waals surface area contributed by atoms with Crippen LogP contribution in [-0.2, 0) is 6.42 Å². The average molecular weight is 482 g/mol. The van der Waals surface area contributed by atoms with Gasteiger partial charge in [0, 0.05) is 0 Å². The highest BCUT2D eigenvalue weighted by Crippen LogP contribution is 2.16. The van der Waals surface area contributed by atoms with Gasteiger partial charge >= 0.3 is 0 Å². The standard InChI is InChI=1S/C20H22N2O2.C8H19N.C2H6/c23-15-20-21-18-12-11-16(14-19(18)22-20)8-4-1-2-7-13-24-17-9-5-3-6-10-17;1-4-6-9-7-5-8(2)3;1-2/h3,5-6,9-12,14-15H,1-2,4,7-8,13H2,(H,21,22);8-9H,4-7H2,1-3H3;1-2H3. The van der Waals surface area contributed by atoms with Crippen molar-refractivity contribution in [1.29, 1.82) is 0 Å². The van der Waals surface area contributed by atoms with Crippen LogP contribution in [-0.4, -0.2) is 36.0 Å². The maximum Gasteiger partial charge on any atom is 0.185 e. The van der Waals surface area contributed by atoms with E-state index < -0.39 is 0 Å². The topological polar surface area (TPSA) is 67.0 Å². The van der Waals surface area contributed by atoms with Gasteiger partial charge in [0.25, 0.3) is 0 Å². The lowest BCUT2D eigenvalue weighted by molar-refractivity contribution is 0.111. The van der Waals surface area contributed by atoms with E-state index in [0.29, 0.717) is 5.82 Å². The number of imidazole rings is 1. The summed E-state index contributed by atoms with van der Waals surface area (Å²) in [5.41, 5.74) is 3.06. The molecule has 3 aromatic rings. The fraction of sp³-hybridized carbons (Fsp3) is 0.533. The maximum absolute atomic E-state index is 10.7. The first kappa shape index (κ1) is 30.4. The van der Waals surface area contributed by atoms with E-state index in [0.717, 1.165) is 54.9 Å². The summed E-state index contributed by atoms with van der Waals surface area (Å²) in [6.45, 7) is 13.8. The predicted molar refractivity (Wildman–Crippen MR) is 150 cm³/mol. The lowest BCUT2D eigenvalue weighted by Gasteiger charge is -2.06. The number of carbonyl (C=O) groups excluding carboxylic acids is 1. The molecule has 3 rings (SSSR count). The SMILES string of the molecule is CC.CCCNCCC(C)C.O=Cc1nc2ccc(CCCCCCOc3ccccc3)cc2[nH]1. The van der Waals surface area contributed by atoms with Crippen molar-refractivity contribution in [1.82, 2.24) is 15.3 Å². The smallest absolute Gasteiger partial charge is 0.185 e. The number of ether oxygens (including phenoxy) is 1. The summed E-state index contributed by atoms with van der Waals surface area (Å²) in [6, 6.07) is 16.1. The van der Waals surface area contributed by atoms with Crippen molar-refractivity contribution in [3.8, 4) is 5.75 Å². The van der Waals surface area contributed by atoms with Gasteiger partial charge in [-0.2, -0.15) is 0 Å². The largest absolute Gasteiger partial charge is 0.494 e. The lowest BCUT2D eigenvalue weighted by atomic mass is 10.1. The van der Waals surface area contributed by atoms with E-state index in [1.165, 1.54) is 44.3 Å². The summed E-state index contributed by atoms with van der Waals surface area (Å²) in [4.78, 5) is 18.0. The number of hydrogen-bond acceptors (Lipinski definition) is 4. The van der Waals surface area contributed by atoms with Gasteiger partial charge in [0.2, 0.25) is 0 Å². The fourth-order valence-corrected chi connectivity index (χ4v) is 3.47. The third-order valence-corrected chi connectivity index (χ3v) is 5.37. The number of aromatic amines is 1. The molecule has 1 heterocycles. The van der Waals surface area contributed by atoms with Gasteiger partial charge in [-0.05, 0) is 80.9 Å². The zero-order chi connectivity index (χ0) is 25.7. The Labute approximate surface area is 213 Å². The summed E-state index contributed by atoms with van der Waals surface area (Å²) in [7, 11) is 0. The molecule has 1 aromatic heterocycles. The summed E-state index contributed by atoms with van der Waals surface area (Å²) < 4.78 is 5.69. The molecule has 0 radical (unpaired) electrons. The van der Waals surface area contributed by atoms with Crippen LogP contribution in [0.25, 0.3) is 11.0 Å². The van der Waals surface area contributed by atoms with Crippen molar-refractivity contribution in [3.63, 3.8) is 0 Å². The van der Waals surface area contributed by atoms with E-state index in [4.69, 9.17) is 4.74 Å². The molecular weight excluding hydrogens is 434 g/mol. The quantitative estimate of drug-likeness (QED) is 0.184. The van der Waals surface area contributed by atoms with E-state index in [-0.39, 0.29) is 0 Å². The van der Waals surface area contributed by atoms with Crippen LogP contribution >= 0.6 is 0 Å². The monoisotopic (exact) mass is 481 g/mol. The van der Waals surface area contributed by atoms with Crippen LogP contribution in [0.1, 0.15) is 89.3 Å². The first-order valence-electron chi connectivity index (χ1n) is 13.4. The van der Waals surface area contributed by atoms with E-state index >= 15 is 0 Å². The average Bonchev–Trinajstić information content (AvgIpc) is 3.31. The molecule has 0 spiro atoms. The molecule has 0 fully saturated rings. The highest BCUT2D eigenvalue weighted by atomic mass is 16.5. The Balaban J connectivity index is 0.000000473. The Kier molecular flexibility index (Phi) is 17.0. The van der Waals surface area contributed by atoms with E-state index in [9.17, 15) is 4.79 Å². The molecule has 194 valence electrons. The molecule has 35 heavy (non-hydrogen) atoms. The maximum atomic E-state index is 10.7. The highest BCUT2D eigenvalue weighted by Gasteiger charge is 2.03. The van der Waals surface area contributed by atoms with Gasteiger partial charge in [-0.15, -0.1) is 0 Å². The molecule has 2 aromatic carbocycles. The number of nitrogens with zero attached hydrogens (tertiary/aromatic N) is 1. The lowest BCUT2D eigenvalue weighted by Crippen LogP contribution is -2.17. The van der Waals surface area contributed by atoms with E-state index in [1.54, 1.807) is 0 Å². The second-order valence-electron chi connectivity index (χ2n) is 8.85. The summed E-state index contributed by atoms with van der Waals surface area (Å²) in [5.74, 6) is 2.18. The third-order valence-electron chi connectivity index (χ3n) is 5.37. The molecule has 0 saturated carbocycles. The Morgan fingerprint density at radius 1 is 1.00 bits per heavy atom. The van der Waals surface area contributed by atoms with Gasteiger partial charge in [-0.1, -0.05) is 71.7 Å². The zero-order valence-corrected chi connectivity index (χ0v) is 22.6. The van der Waals surface area contributed by atoms with Crippen LogP contribution in [0.2, 0.25) is 0 Å². The Hall–Kier alpha value is -2.66. The predicted octanol–water partition coefficient (Wildman–Crippen LogP) is 7.62. The number of carbonyl (C=O) groups is 1. The molecule has 2 N–H and O–H groups in total. The molecule has 0 bridgehead atoms. The molecule has 0 amide bonds. The molecule has 0 aliphatic carbocycles. The van der Waals surface area contributed by atoms with Crippen LogP contribution in [0.5, 0.6) is 5.75 Å². The molecule has 0 atom stereocenters. The molecule has 5 nitrogen and oxygen atoms in total. The first-order chi connectivity index (χ1) is 17.1. The number of hydrogen-bond donors (Lipinski definition) is 2. The number of nitrogens with one attached hydrogen (secondary N) is 2. The van der Waals surface area contributed by atoms with Crippen LogP contribution < -0.4 is 10.1 Å². The Morgan fingerprint density at radius 3 is 2.43 bits per heavy atom. The van der Waals surface area contributed by atoms with Crippen molar-refractivity contribution in [2.75, 3.05) is 19.7 Å².